The summed E-state index contributed by atoms with van der Waals surface area (Å²) in [5, 5.41) is 6.75. The van der Waals surface area contributed by atoms with Crippen LogP contribution >= 0.6 is 0 Å². The molecule has 0 spiro atoms. The highest BCUT2D eigenvalue weighted by Crippen LogP contribution is 2.27. The predicted octanol–water partition coefficient (Wildman–Crippen LogP) is 2.20. The molecule has 0 amide bonds. The largest absolute Gasteiger partial charge is 0.435 e. The first-order chi connectivity index (χ1) is 8.30. The third kappa shape index (κ3) is 2.01. The van der Waals surface area contributed by atoms with Crippen LogP contribution in [0.15, 0.2) is 16.8 Å². The topological polar surface area (TPSA) is 60.9 Å². The Balaban J connectivity index is 2.39. The number of rotatable bonds is 1. The Kier molecular flexibility index (Phi) is 2.72. The number of hydrogen-bond acceptors (Lipinski definition) is 4. The number of alkyl halides is 3. The molecule has 96 valence electrons. The molecule has 2 aromatic heterocycles. The van der Waals surface area contributed by atoms with Crippen molar-refractivity contribution in [3.8, 4) is 0 Å². The van der Waals surface area contributed by atoms with Crippen molar-refractivity contribution >= 4 is 5.91 Å². The number of carbonyl (C=O) groups excluding carboxylic acids is 1. The van der Waals surface area contributed by atoms with E-state index in [0.29, 0.717) is 10.4 Å². The minimum Gasteiger partial charge on any atom is -0.361 e. The fourth-order valence-corrected chi connectivity index (χ4v) is 1.49. The number of halogens is 3. The quantitative estimate of drug-likeness (QED) is 0.787. The molecule has 0 unspecified atom stereocenters. The zero-order chi connectivity index (χ0) is 13.5. The van der Waals surface area contributed by atoms with Crippen molar-refractivity contribution in [3.05, 3.63) is 35.0 Å². The van der Waals surface area contributed by atoms with Crippen molar-refractivity contribution in [1.29, 1.82) is 0 Å². The monoisotopic (exact) mass is 259 g/mol. The maximum absolute atomic E-state index is 12.3. The van der Waals surface area contributed by atoms with E-state index in [1.54, 1.807) is 0 Å². The lowest BCUT2D eigenvalue weighted by Crippen LogP contribution is -2.16. The number of aromatic nitrogens is 3. The van der Waals surface area contributed by atoms with Crippen molar-refractivity contribution in [3.63, 3.8) is 0 Å². The van der Waals surface area contributed by atoms with Gasteiger partial charge in [-0.15, -0.1) is 0 Å². The third-order valence-electron chi connectivity index (χ3n) is 2.33. The third-order valence-corrected chi connectivity index (χ3v) is 2.33. The zero-order valence-electron chi connectivity index (χ0n) is 9.45. The summed E-state index contributed by atoms with van der Waals surface area (Å²) < 4.78 is 42.4. The molecule has 18 heavy (non-hydrogen) atoms. The second-order valence-corrected chi connectivity index (χ2v) is 3.65. The van der Waals surface area contributed by atoms with Gasteiger partial charge in [-0.3, -0.25) is 4.79 Å². The fraction of sp³-hybridized carbons (Fsp3) is 0.300. The molecule has 0 N–H and O–H groups in total. The Labute approximate surface area is 99.2 Å². The van der Waals surface area contributed by atoms with Gasteiger partial charge in [0.15, 0.2) is 5.69 Å². The van der Waals surface area contributed by atoms with Gasteiger partial charge in [-0.05, 0) is 19.9 Å². The van der Waals surface area contributed by atoms with Gasteiger partial charge in [0.05, 0.1) is 5.69 Å². The second kappa shape index (κ2) is 3.97. The molecule has 0 atom stereocenters. The lowest BCUT2D eigenvalue weighted by molar-refractivity contribution is -0.141. The first kappa shape index (κ1) is 12.3. The van der Waals surface area contributed by atoms with Crippen LogP contribution in [0.25, 0.3) is 0 Å². The van der Waals surface area contributed by atoms with E-state index in [2.05, 4.69) is 10.3 Å². The molecule has 0 radical (unpaired) electrons. The number of carbonyl (C=O) groups is 1. The van der Waals surface area contributed by atoms with Crippen molar-refractivity contribution in [2.24, 2.45) is 0 Å². The highest BCUT2D eigenvalue weighted by Gasteiger charge is 2.34. The molecule has 2 heterocycles. The van der Waals surface area contributed by atoms with E-state index in [0.717, 1.165) is 12.3 Å². The Morgan fingerprint density at radius 3 is 2.50 bits per heavy atom. The van der Waals surface area contributed by atoms with Gasteiger partial charge in [-0.1, -0.05) is 5.16 Å². The van der Waals surface area contributed by atoms with Crippen molar-refractivity contribution in [2.75, 3.05) is 0 Å². The average molecular weight is 259 g/mol. The van der Waals surface area contributed by atoms with E-state index in [1.165, 1.54) is 13.8 Å². The van der Waals surface area contributed by atoms with Crippen LogP contribution in [0.2, 0.25) is 0 Å². The Bertz CT molecular complexity index is 578. The maximum Gasteiger partial charge on any atom is 0.435 e. The lowest BCUT2D eigenvalue weighted by Gasteiger charge is -2.01. The second-order valence-electron chi connectivity index (χ2n) is 3.65. The van der Waals surface area contributed by atoms with Gasteiger partial charge in [-0.2, -0.15) is 18.3 Å². The van der Waals surface area contributed by atoms with Crippen LogP contribution in [0.4, 0.5) is 13.2 Å². The van der Waals surface area contributed by atoms with Crippen LogP contribution in [0.5, 0.6) is 0 Å². The Morgan fingerprint density at radius 2 is 2.06 bits per heavy atom. The van der Waals surface area contributed by atoms with E-state index >= 15 is 0 Å². The average Bonchev–Trinajstić information content (AvgIpc) is 2.84. The molecule has 0 aliphatic heterocycles. The van der Waals surface area contributed by atoms with Crippen molar-refractivity contribution in [1.82, 2.24) is 14.9 Å². The molecule has 8 heteroatoms. The van der Waals surface area contributed by atoms with Gasteiger partial charge in [0.25, 0.3) is 5.91 Å². The molecule has 0 bridgehead atoms. The molecular weight excluding hydrogens is 251 g/mol. The van der Waals surface area contributed by atoms with Crippen LogP contribution in [0.1, 0.15) is 27.5 Å². The van der Waals surface area contributed by atoms with E-state index in [-0.39, 0.29) is 11.3 Å². The molecule has 0 fully saturated rings. The molecule has 2 aromatic rings. The number of hydrogen-bond donors (Lipinski definition) is 0. The summed E-state index contributed by atoms with van der Waals surface area (Å²) >= 11 is 0. The van der Waals surface area contributed by atoms with Gasteiger partial charge in [0.2, 0.25) is 0 Å². The Morgan fingerprint density at radius 1 is 1.39 bits per heavy atom. The minimum absolute atomic E-state index is 0.117. The van der Waals surface area contributed by atoms with E-state index < -0.39 is 17.8 Å². The van der Waals surface area contributed by atoms with Crippen LogP contribution in [0.3, 0.4) is 0 Å². The van der Waals surface area contributed by atoms with Crippen LogP contribution in [0, 0.1) is 13.8 Å². The minimum atomic E-state index is -4.58. The van der Waals surface area contributed by atoms with Crippen molar-refractivity contribution in [2.45, 2.75) is 20.0 Å². The molecule has 0 saturated heterocycles. The lowest BCUT2D eigenvalue weighted by atomic mass is 10.2. The van der Waals surface area contributed by atoms with Gasteiger partial charge in [0, 0.05) is 6.20 Å². The zero-order valence-corrected chi connectivity index (χ0v) is 9.45. The molecule has 0 aliphatic rings. The summed E-state index contributed by atoms with van der Waals surface area (Å²) in [4.78, 5) is 11.9. The SMILES string of the molecule is Cc1noc(C)c1C(=O)n1ccc(C(F)(F)F)n1. The molecule has 2 rings (SSSR count). The molecule has 5 nitrogen and oxygen atoms in total. The van der Waals surface area contributed by atoms with E-state index in [9.17, 15) is 18.0 Å². The first-order valence-corrected chi connectivity index (χ1v) is 4.91. The van der Waals surface area contributed by atoms with Gasteiger partial charge in [-0.25, -0.2) is 4.68 Å². The molecular formula is C10H8F3N3O2. The highest BCUT2D eigenvalue weighted by atomic mass is 19.4. The normalized spacial score (nSPS) is 11.8. The van der Waals surface area contributed by atoms with Gasteiger partial charge in [0.1, 0.15) is 11.3 Å². The summed E-state index contributed by atoms with van der Waals surface area (Å²) in [7, 11) is 0. The standard InChI is InChI=1S/C10H8F3N3O2/c1-5-8(6(2)18-15-5)9(17)16-4-3-7(14-16)10(11,12)13/h3-4H,1-2H3. The molecule has 0 aromatic carbocycles. The fourth-order valence-electron chi connectivity index (χ4n) is 1.49. The van der Waals surface area contributed by atoms with Crippen LogP contribution < -0.4 is 0 Å². The smallest absolute Gasteiger partial charge is 0.361 e. The van der Waals surface area contributed by atoms with Crippen LogP contribution in [-0.2, 0) is 6.18 Å². The van der Waals surface area contributed by atoms with Crippen LogP contribution in [-0.4, -0.2) is 20.8 Å². The van der Waals surface area contributed by atoms with Gasteiger partial charge >= 0.3 is 6.18 Å². The molecule has 0 saturated carbocycles. The summed E-state index contributed by atoms with van der Waals surface area (Å²) in [5.41, 5.74) is -0.698. The summed E-state index contributed by atoms with van der Waals surface area (Å²) in [5.74, 6) is -0.469. The van der Waals surface area contributed by atoms with Gasteiger partial charge < -0.3 is 4.52 Å². The number of aryl methyl sites for hydroxylation is 2. The molecule has 0 aliphatic carbocycles. The van der Waals surface area contributed by atoms with Crippen molar-refractivity contribution < 1.29 is 22.5 Å². The summed E-state index contributed by atoms with van der Waals surface area (Å²) in [6.07, 6.45) is -3.62. The first-order valence-electron chi connectivity index (χ1n) is 4.91. The van der Waals surface area contributed by atoms with E-state index in [1.807, 2.05) is 0 Å². The highest BCUT2D eigenvalue weighted by molar-refractivity contribution is 5.97. The number of nitrogens with zero attached hydrogens (tertiary/aromatic N) is 3. The summed E-state index contributed by atoms with van der Waals surface area (Å²) in [6, 6.07) is 0.732. The summed E-state index contributed by atoms with van der Waals surface area (Å²) in [6.45, 7) is 3.03. The van der Waals surface area contributed by atoms with E-state index in [4.69, 9.17) is 4.52 Å². The Hall–Kier alpha value is -2.12. The maximum atomic E-state index is 12.3. The predicted molar refractivity (Wildman–Crippen MR) is 52.9 cm³/mol.